The van der Waals surface area contributed by atoms with Crippen molar-refractivity contribution >= 4 is 49.7 Å². The van der Waals surface area contributed by atoms with Gasteiger partial charge in [0.2, 0.25) is 0 Å². The molecule has 5 rings (SSSR count). The molecule has 2 heterocycles. The van der Waals surface area contributed by atoms with E-state index >= 15 is 0 Å². The molecule has 0 spiro atoms. The van der Waals surface area contributed by atoms with E-state index in [9.17, 15) is 0 Å². The second kappa shape index (κ2) is 8.83. The number of nitrogens with zero attached hydrogens (tertiary/aromatic N) is 1. The van der Waals surface area contributed by atoms with Gasteiger partial charge in [-0.25, -0.2) is 0 Å². The van der Waals surface area contributed by atoms with Crippen LogP contribution in [0.25, 0.3) is 10.4 Å². The van der Waals surface area contributed by atoms with Gasteiger partial charge in [0.15, 0.2) is 0 Å². The molecule has 162 valence electrons. The summed E-state index contributed by atoms with van der Waals surface area (Å²) in [5.74, 6) is 1.96. The summed E-state index contributed by atoms with van der Waals surface area (Å²) < 4.78 is 13.6. The average Bonchev–Trinajstić information content (AvgIpc) is 3.22. The van der Waals surface area contributed by atoms with E-state index < -0.39 is 18.4 Å². The Morgan fingerprint density at radius 1 is 0.656 bits per heavy atom. The Morgan fingerprint density at radius 3 is 1.69 bits per heavy atom. The maximum absolute atomic E-state index is 6.11. The second-order valence-corrected chi connectivity index (χ2v) is 25.2. The number of anilines is 3. The summed E-state index contributed by atoms with van der Waals surface area (Å²) >= 11 is -0.454. The van der Waals surface area contributed by atoms with Crippen LogP contribution in [0.2, 0.25) is 14.8 Å². The Balaban J connectivity index is 1.56. The summed E-state index contributed by atoms with van der Waals surface area (Å²) in [6, 6.07) is 29.8. The van der Waals surface area contributed by atoms with Gasteiger partial charge in [0.25, 0.3) is 0 Å². The molecule has 1 aliphatic heterocycles. The van der Waals surface area contributed by atoms with E-state index in [1.165, 1.54) is 13.3 Å². The van der Waals surface area contributed by atoms with E-state index in [1.54, 1.807) is 0 Å². The molecule has 0 fully saturated rings. The Hall–Kier alpha value is -2.44. The Bertz CT molecular complexity index is 1160. The molecule has 0 saturated carbocycles. The van der Waals surface area contributed by atoms with Crippen molar-refractivity contribution in [1.29, 1.82) is 0 Å². The van der Waals surface area contributed by atoms with Crippen molar-refractivity contribution in [2.75, 3.05) is 18.1 Å². The van der Waals surface area contributed by atoms with Crippen LogP contribution in [0, 0.1) is 0 Å². The van der Waals surface area contributed by atoms with Gasteiger partial charge in [0.1, 0.15) is 0 Å². The summed E-state index contributed by atoms with van der Waals surface area (Å²) in [4.78, 5) is 10.8. The SMILES string of the molecule is [CH3][Sn]([CH3])([CH3])[c]1sc(-c2ccc(N(c3ccccc3)c3ccccc3)cc2)c2c1OCCO2. The summed E-state index contributed by atoms with van der Waals surface area (Å²) in [5, 5.41) is 0. The minimum absolute atomic E-state index is 0.615. The second-order valence-electron chi connectivity index (χ2n) is 8.92. The monoisotopic (exact) mass is 549 g/mol. The number of benzene rings is 3. The normalized spacial score (nSPS) is 13.1. The summed E-state index contributed by atoms with van der Waals surface area (Å²) in [6.07, 6.45) is 0. The molecule has 0 aliphatic carbocycles. The Labute approximate surface area is 198 Å². The van der Waals surface area contributed by atoms with Crippen LogP contribution in [0.3, 0.4) is 0 Å². The topological polar surface area (TPSA) is 21.7 Å². The van der Waals surface area contributed by atoms with Gasteiger partial charge in [0, 0.05) is 0 Å². The van der Waals surface area contributed by atoms with Crippen LogP contribution in [0.4, 0.5) is 17.1 Å². The first kappa shape index (κ1) is 21.4. The zero-order valence-electron chi connectivity index (χ0n) is 18.7. The van der Waals surface area contributed by atoms with Crippen LogP contribution < -0.4 is 17.3 Å². The van der Waals surface area contributed by atoms with E-state index in [0.717, 1.165) is 28.6 Å². The number of hydrogen-bond acceptors (Lipinski definition) is 4. The van der Waals surface area contributed by atoms with Crippen molar-refractivity contribution in [3.63, 3.8) is 0 Å². The minimum atomic E-state index is -2.33. The van der Waals surface area contributed by atoms with Crippen LogP contribution in [0.1, 0.15) is 0 Å². The Morgan fingerprint density at radius 2 is 1.16 bits per heavy atom. The van der Waals surface area contributed by atoms with Gasteiger partial charge >= 0.3 is 199 Å². The fourth-order valence-corrected chi connectivity index (χ4v) is 11.2. The van der Waals surface area contributed by atoms with Crippen molar-refractivity contribution < 1.29 is 9.47 Å². The number of thiophene rings is 1. The van der Waals surface area contributed by atoms with Crippen LogP contribution in [0.15, 0.2) is 84.9 Å². The maximum atomic E-state index is 6.11. The van der Waals surface area contributed by atoms with Gasteiger partial charge in [-0.2, -0.15) is 0 Å². The molecular weight excluding hydrogens is 521 g/mol. The number of ether oxygens (including phenoxy) is 2. The van der Waals surface area contributed by atoms with E-state index in [2.05, 4.69) is 105 Å². The molecule has 5 heteroatoms. The predicted molar refractivity (Wildman–Crippen MR) is 138 cm³/mol. The first-order chi connectivity index (χ1) is 15.5. The third-order valence-corrected chi connectivity index (χ3v) is 16.0. The van der Waals surface area contributed by atoms with Gasteiger partial charge in [-0.3, -0.25) is 0 Å². The number of hydrogen-bond donors (Lipinski definition) is 0. The van der Waals surface area contributed by atoms with Gasteiger partial charge in [-0.15, -0.1) is 0 Å². The van der Waals surface area contributed by atoms with Crippen molar-refractivity contribution in [3.8, 4) is 21.9 Å². The van der Waals surface area contributed by atoms with Crippen LogP contribution in [-0.2, 0) is 0 Å². The van der Waals surface area contributed by atoms with Crippen molar-refractivity contribution in [3.05, 3.63) is 84.9 Å². The predicted octanol–water partition coefficient (Wildman–Crippen LogP) is 7.20. The summed E-state index contributed by atoms with van der Waals surface area (Å²) in [5.41, 5.74) is 4.59. The molecule has 1 aromatic heterocycles. The van der Waals surface area contributed by atoms with E-state index in [-0.39, 0.29) is 0 Å². The van der Waals surface area contributed by atoms with Crippen molar-refractivity contribution in [2.45, 2.75) is 14.8 Å². The molecule has 0 saturated heterocycles. The zero-order chi connectivity index (χ0) is 22.1. The molecule has 1 aliphatic rings. The third-order valence-electron chi connectivity index (χ3n) is 5.50. The summed E-state index contributed by atoms with van der Waals surface area (Å²) in [7, 11) is 0. The van der Waals surface area contributed by atoms with Gasteiger partial charge < -0.3 is 0 Å². The summed E-state index contributed by atoms with van der Waals surface area (Å²) in [6.45, 7) is 1.25. The molecular formula is C27H27NO2SSn. The number of para-hydroxylation sites is 2. The van der Waals surface area contributed by atoms with E-state index in [4.69, 9.17) is 9.47 Å². The third kappa shape index (κ3) is 4.14. The molecule has 32 heavy (non-hydrogen) atoms. The fraction of sp³-hybridized carbons (Fsp3) is 0.185. The first-order valence-electron chi connectivity index (χ1n) is 11.0. The van der Waals surface area contributed by atoms with Crippen molar-refractivity contribution in [1.82, 2.24) is 0 Å². The molecule has 0 bridgehead atoms. The first-order valence-corrected chi connectivity index (χ1v) is 21.8. The molecule has 3 aromatic carbocycles. The zero-order valence-corrected chi connectivity index (χ0v) is 22.3. The van der Waals surface area contributed by atoms with Crippen molar-refractivity contribution in [2.24, 2.45) is 0 Å². The van der Waals surface area contributed by atoms with Crippen LogP contribution >= 0.6 is 11.3 Å². The fourth-order valence-electron chi connectivity index (χ4n) is 4.00. The number of rotatable bonds is 5. The number of fused-ring (bicyclic) bond motifs is 1. The molecule has 0 radical (unpaired) electrons. The van der Waals surface area contributed by atoms with Gasteiger partial charge in [-0.1, -0.05) is 0 Å². The Kier molecular flexibility index (Phi) is 5.91. The molecule has 0 unspecified atom stereocenters. The molecule has 3 nitrogen and oxygen atoms in total. The molecule has 0 N–H and O–H groups in total. The quantitative estimate of drug-likeness (QED) is 0.246. The average molecular weight is 548 g/mol. The molecule has 4 aromatic rings. The standard InChI is InChI=1S/C24H18NO2S.3CH3.Sn/c1-3-7-19(8-4-1)25(20-9-5-2-6-10-20)21-13-11-18(12-14-21)24-23-22(17-28-24)26-15-16-27-23;;;;/h1-14H,15-16H2;3*1H3;. The van der Waals surface area contributed by atoms with Crippen LogP contribution in [-0.4, -0.2) is 31.6 Å². The van der Waals surface area contributed by atoms with E-state index in [0.29, 0.717) is 13.2 Å². The van der Waals surface area contributed by atoms with E-state index in [1.807, 2.05) is 11.3 Å². The molecule has 0 amide bonds. The van der Waals surface area contributed by atoms with Crippen LogP contribution in [0.5, 0.6) is 11.5 Å². The van der Waals surface area contributed by atoms with Gasteiger partial charge in [0.05, 0.1) is 0 Å². The van der Waals surface area contributed by atoms with Gasteiger partial charge in [-0.05, 0) is 0 Å². The molecule has 0 atom stereocenters.